The number of aromatic nitrogens is 2. The molecule has 0 unspecified atom stereocenters. The molecule has 0 aliphatic carbocycles. The largest absolute Gasteiger partial charge is 0.461 e. The predicted molar refractivity (Wildman–Crippen MR) is 51.8 cm³/mol. The van der Waals surface area contributed by atoms with Crippen LogP contribution in [0.15, 0.2) is 6.33 Å². The Hall–Kier alpha value is -1.76. The Kier molecular flexibility index (Phi) is 3.29. The third kappa shape index (κ3) is 1.94. The zero-order chi connectivity index (χ0) is 10.6. The van der Waals surface area contributed by atoms with Gasteiger partial charge in [-0.2, -0.15) is 0 Å². The van der Waals surface area contributed by atoms with Crippen molar-refractivity contribution in [1.82, 2.24) is 9.55 Å². The summed E-state index contributed by atoms with van der Waals surface area (Å²) in [7, 11) is 0. The van der Waals surface area contributed by atoms with Gasteiger partial charge in [-0.3, -0.25) is 0 Å². The molecule has 0 spiro atoms. The van der Waals surface area contributed by atoms with Crippen LogP contribution in [0.5, 0.6) is 0 Å². The molecule has 1 aromatic heterocycles. The van der Waals surface area contributed by atoms with Gasteiger partial charge < -0.3 is 9.30 Å². The van der Waals surface area contributed by atoms with Gasteiger partial charge in [0.2, 0.25) is 0 Å². The minimum absolute atomic E-state index is 0.328. The van der Waals surface area contributed by atoms with Crippen LogP contribution in [0.4, 0.5) is 0 Å². The number of imidazole rings is 1. The Bertz CT molecular complexity index is 374. The molecule has 4 nitrogen and oxygen atoms in total. The van der Waals surface area contributed by atoms with Crippen LogP contribution in [0.25, 0.3) is 0 Å². The van der Waals surface area contributed by atoms with E-state index in [1.807, 2.05) is 0 Å². The molecule has 1 aromatic rings. The molecule has 0 N–H and O–H groups in total. The van der Waals surface area contributed by atoms with Crippen molar-refractivity contribution < 1.29 is 9.53 Å². The van der Waals surface area contributed by atoms with E-state index in [0.717, 1.165) is 0 Å². The van der Waals surface area contributed by atoms with E-state index in [4.69, 9.17) is 11.2 Å². The third-order valence-corrected chi connectivity index (χ3v) is 1.75. The summed E-state index contributed by atoms with van der Waals surface area (Å²) in [6, 6.07) is 0. The maximum Gasteiger partial charge on any atom is 0.356 e. The van der Waals surface area contributed by atoms with Crippen molar-refractivity contribution in [2.24, 2.45) is 0 Å². The Balaban J connectivity index is 2.99. The number of esters is 1. The number of ether oxygens (including phenoxy) is 1. The first-order valence-electron chi connectivity index (χ1n) is 4.33. The van der Waals surface area contributed by atoms with Crippen molar-refractivity contribution in [3.63, 3.8) is 0 Å². The minimum atomic E-state index is -0.377. The van der Waals surface area contributed by atoms with Crippen LogP contribution in [0.2, 0.25) is 0 Å². The maximum atomic E-state index is 11.5. The fraction of sp³-hybridized carbons (Fsp3) is 0.400. The average Bonchev–Trinajstić information content (AvgIpc) is 2.48. The number of carbonyl (C=O) groups excluding carboxylic acids is 1. The summed E-state index contributed by atoms with van der Waals surface area (Å²) in [5.74, 6) is 2.07. The number of rotatable bonds is 3. The zero-order valence-electron chi connectivity index (χ0n) is 8.28. The number of hydrogen-bond donors (Lipinski definition) is 0. The van der Waals surface area contributed by atoms with Crippen molar-refractivity contribution in [2.75, 3.05) is 6.61 Å². The van der Waals surface area contributed by atoms with Crippen LogP contribution < -0.4 is 0 Å². The molecule has 0 aromatic carbocycles. The number of aryl methyl sites for hydroxylation is 1. The molecular weight excluding hydrogens is 180 g/mol. The first-order valence-corrected chi connectivity index (χ1v) is 4.33. The maximum absolute atomic E-state index is 11.5. The van der Waals surface area contributed by atoms with Crippen LogP contribution >= 0.6 is 0 Å². The van der Waals surface area contributed by atoms with Crippen LogP contribution in [0.3, 0.4) is 0 Å². The highest BCUT2D eigenvalue weighted by Crippen LogP contribution is 2.07. The van der Waals surface area contributed by atoms with Gasteiger partial charge in [-0.05, 0) is 13.8 Å². The molecule has 1 heterocycles. The van der Waals surface area contributed by atoms with Gasteiger partial charge in [-0.1, -0.05) is 5.92 Å². The topological polar surface area (TPSA) is 44.1 Å². The summed E-state index contributed by atoms with van der Waals surface area (Å²) >= 11 is 0. The number of terminal acetylenes is 1. The molecule has 4 heteroatoms. The predicted octanol–water partition coefficient (Wildman–Crippen LogP) is 1.00. The van der Waals surface area contributed by atoms with Crippen molar-refractivity contribution in [3.05, 3.63) is 17.7 Å². The molecule has 0 fully saturated rings. The molecule has 0 saturated carbocycles. The fourth-order valence-electron chi connectivity index (χ4n) is 1.17. The van der Waals surface area contributed by atoms with Gasteiger partial charge in [-0.25, -0.2) is 9.78 Å². The van der Waals surface area contributed by atoms with Crippen molar-refractivity contribution in [3.8, 4) is 12.3 Å². The number of nitrogens with zero attached hydrogens (tertiary/aromatic N) is 2. The lowest BCUT2D eigenvalue weighted by atomic mass is 10.3. The second-order valence-corrected chi connectivity index (χ2v) is 2.73. The van der Waals surface area contributed by atoms with Crippen LogP contribution in [-0.4, -0.2) is 22.1 Å². The highest BCUT2D eigenvalue weighted by atomic mass is 16.5. The smallest absolute Gasteiger partial charge is 0.356 e. The molecule has 0 atom stereocenters. The lowest BCUT2D eigenvalue weighted by Crippen LogP contribution is -2.12. The normalized spacial score (nSPS) is 9.50. The Morgan fingerprint density at radius 1 is 1.79 bits per heavy atom. The van der Waals surface area contributed by atoms with E-state index in [1.54, 1.807) is 24.7 Å². The molecule has 1 rings (SSSR count). The highest BCUT2D eigenvalue weighted by molar-refractivity contribution is 5.88. The van der Waals surface area contributed by atoms with Crippen LogP contribution in [0, 0.1) is 19.3 Å². The molecule has 0 bridgehead atoms. The monoisotopic (exact) mass is 192 g/mol. The Morgan fingerprint density at radius 2 is 2.50 bits per heavy atom. The van der Waals surface area contributed by atoms with Gasteiger partial charge in [0.05, 0.1) is 25.2 Å². The summed E-state index contributed by atoms with van der Waals surface area (Å²) in [6.45, 7) is 4.18. The molecule has 74 valence electrons. The SMILES string of the molecule is C#CCn1cnc(C)c1C(=O)OCC. The van der Waals surface area contributed by atoms with Crippen molar-refractivity contribution >= 4 is 5.97 Å². The zero-order valence-corrected chi connectivity index (χ0v) is 8.28. The first-order chi connectivity index (χ1) is 6.70. The quantitative estimate of drug-likeness (QED) is 0.530. The summed E-state index contributed by atoms with van der Waals surface area (Å²) in [5, 5.41) is 0. The van der Waals surface area contributed by atoms with Crippen LogP contribution in [-0.2, 0) is 11.3 Å². The van der Waals surface area contributed by atoms with E-state index in [1.165, 1.54) is 0 Å². The molecule has 0 aliphatic heterocycles. The van der Waals surface area contributed by atoms with Gasteiger partial charge in [0.1, 0.15) is 0 Å². The van der Waals surface area contributed by atoms with Gasteiger partial charge in [0.25, 0.3) is 0 Å². The Morgan fingerprint density at radius 3 is 3.07 bits per heavy atom. The first kappa shape index (κ1) is 10.3. The molecule has 0 radical (unpaired) electrons. The van der Waals surface area contributed by atoms with Gasteiger partial charge >= 0.3 is 5.97 Å². The molecule has 0 aliphatic rings. The number of carbonyl (C=O) groups is 1. The van der Waals surface area contributed by atoms with Crippen molar-refractivity contribution in [2.45, 2.75) is 20.4 Å². The standard InChI is InChI=1S/C10H12N2O2/c1-4-6-12-7-11-8(3)9(12)10(13)14-5-2/h1,7H,5-6H2,2-3H3. The fourth-order valence-corrected chi connectivity index (χ4v) is 1.17. The highest BCUT2D eigenvalue weighted by Gasteiger charge is 2.16. The summed E-state index contributed by atoms with van der Waals surface area (Å²) < 4.78 is 6.49. The summed E-state index contributed by atoms with van der Waals surface area (Å²) in [4.78, 5) is 15.5. The Labute approximate surface area is 82.9 Å². The molecular formula is C10H12N2O2. The average molecular weight is 192 g/mol. The van der Waals surface area contributed by atoms with E-state index in [2.05, 4.69) is 10.9 Å². The van der Waals surface area contributed by atoms with E-state index < -0.39 is 0 Å². The second kappa shape index (κ2) is 4.47. The van der Waals surface area contributed by atoms with E-state index in [0.29, 0.717) is 24.5 Å². The summed E-state index contributed by atoms with van der Waals surface area (Å²) in [6.07, 6.45) is 6.71. The van der Waals surface area contributed by atoms with Gasteiger partial charge in [0.15, 0.2) is 5.69 Å². The molecule has 0 saturated heterocycles. The minimum Gasteiger partial charge on any atom is -0.461 e. The number of hydrogen-bond acceptors (Lipinski definition) is 3. The second-order valence-electron chi connectivity index (χ2n) is 2.73. The molecule has 0 amide bonds. The summed E-state index contributed by atoms with van der Waals surface area (Å²) in [5.41, 5.74) is 1.07. The molecule has 14 heavy (non-hydrogen) atoms. The lowest BCUT2D eigenvalue weighted by Gasteiger charge is -2.04. The third-order valence-electron chi connectivity index (χ3n) is 1.75. The van der Waals surface area contributed by atoms with E-state index in [-0.39, 0.29) is 5.97 Å². The lowest BCUT2D eigenvalue weighted by molar-refractivity contribution is 0.0513. The van der Waals surface area contributed by atoms with E-state index in [9.17, 15) is 4.79 Å². The van der Waals surface area contributed by atoms with Crippen molar-refractivity contribution in [1.29, 1.82) is 0 Å². The van der Waals surface area contributed by atoms with Gasteiger partial charge in [0, 0.05) is 0 Å². The van der Waals surface area contributed by atoms with Gasteiger partial charge in [-0.15, -0.1) is 6.42 Å². The van der Waals surface area contributed by atoms with Crippen LogP contribution in [0.1, 0.15) is 23.1 Å². The van der Waals surface area contributed by atoms with E-state index >= 15 is 0 Å².